The molecule has 5 rings (SSSR count). The van der Waals surface area contributed by atoms with Crippen molar-refractivity contribution in [1.29, 1.82) is 0 Å². The molecule has 0 unspecified atom stereocenters. The molecule has 0 aliphatic carbocycles. The number of imide groups is 1. The lowest BCUT2D eigenvalue weighted by Gasteiger charge is -2.03. The Labute approximate surface area is 156 Å². The third-order valence-electron chi connectivity index (χ3n) is 4.70. The Morgan fingerprint density at radius 1 is 0.731 bits per heavy atom. The van der Waals surface area contributed by atoms with Gasteiger partial charge in [-0.15, -0.1) is 0 Å². The number of carbonyl (C=O) groups excluding carboxylic acids is 2. The molecule has 2 aromatic heterocycles. The molecule has 0 spiro atoms. The van der Waals surface area contributed by atoms with Crippen LogP contribution in [0.4, 0.5) is 0 Å². The molecule has 2 amide bonds. The van der Waals surface area contributed by atoms with E-state index in [0.29, 0.717) is 11.1 Å². The van der Waals surface area contributed by atoms with Crippen molar-refractivity contribution >= 4 is 60.7 Å². The van der Waals surface area contributed by atoms with Crippen LogP contribution in [-0.4, -0.2) is 21.8 Å². The highest BCUT2D eigenvalue weighted by molar-refractivity contribution is 9.10. The number of aromatic amines is 2. The van der Waals surface area contributed by atoms with Crippen LogP contribution in [-0.2, 0) is 9.59 Å². The van der Waals surface area contributed by atoms with Gasteiger partial charge in [-0.1, -0.05) is 40.2 Å². The largest absolute Gasteiger partial charge is 0.361 e. The molecule has 3 heterocycles. The van der Waals surface area contributed by atoms with Crippen molar-refractivity contribution in [3.63, 3.8) is 0 Å². The summed E-state index contributed by atoms with van der Waals surface area (Å²) in [5.74, 6) is -0.750. The number of amides is 2. The lowest BCUT2D eigenvalue weighted by atomic mass is 9.95. The minimum Gasteiger partial charge on any atom is -0.361 e. The predicted octanol–water partition coefficient (Wildman–Crippen LogP) is 3.98. The van der Waals surface area contributed by atoms with Gasteiger partial charge in [-0.3, -0.25) is 14.9 Å². The fourth-order valence-corrected chi connectivity index (χ4v) is 3.91. The Kier molecular flexibility index (Phi) is 3.17. The van der Waals surface area contributed by atoms with Gasteiger partial charge in [-0.25, -0.2) is 0 Å². The maximum absolute atomic E-state index is 12.6. The van der Waals surface area contributed by atoms with Gasteiger partial charge in [0, 0.05) is 49.8 Å². The van der Waals surface area contributed by atoms with E-state index in [1.54, 1.807) is 12.4 Å². The highest BCUT2D eigenvalue weighted by atomic mass is 79.9. The van der Waals surface area contributed by atoms with Crippen LogP contribution in [0.15, 0.2) is 59.3 Å². The number of carbonyl (C=O) groups is 2. The maximum atomic E-state index is 12.6. The number of halogens is 1. The Bertz CT molecular complexity index is 1260. The molecular formula is C20H12BrN3O2. The Hall–Kier alpha value is -3.12. The summed E-state index contributed by atoms with van der Waals surface area (Å²) in [7, 11) is 0. The Morgan fingerprint density at radius 2 is 1.35 bits per heavy atom. The quantitative estimate of drug-likeness (QED) is 0.441. The molecule has 0 saturated heterocycles. The van der Waals surface area contributed by atoms with Crippen LogP contribution in [0.2, 0.25) is 0 Å². The van der Waals surface area contributed by atoms with Gasteiger partial charge in [0.25, 0.3) is 11.8 Å². The number of benzene rings is 2. The molecule has 5 nitrogen and oxygen atoms in total. The van der Waals surface area contributed by atoms with Crippen molar-refractivity contribution in [1.82, 2.24) is 15.3 Å². The minimum absolute atomic E-state index is 0.374. The van der Waals surface area contributed by atoms with E-state index in [-0.39, 0.29) is 11.8 Å². The SMILES string of the molecule is O=C1NC(=O)C(c2c[nH]c3cc(Br)ccc23)=C1c1c[nH]c2ccccc12. The van der Waals surface area contributed by atoms with Crippen LogP contribution in [0.3, 0.4) is 0 Å². The molecule has 126 valence electrons. The van der Waals surface area contributed by atoms with Gasteiger partial charge < -0.3 is 9.97 Å². The van der Waals surface area contributed by atoms with E-state index in [4.69, 9.17) is 0 Å². The summed E-state index contributed by atoms with van der Waals surface area (Å²) in [6, 6.07) is 13.5. The second kappa shape index (κ2) is 5.44. The summed E-state index contributed by atoms with van der Waals surface area (Å²) in [4.78, 5) is 31.6. The van der Waals surface area contributed by atoms with Gasteiger partial charge in [0.2, 0.25) is 0 Å². The maximum Gasteiger partial charge on any atom is 0.259 e. The molecule has 3 N–H and O–H groups in total. The lowest BCUT2D eigenvalue weighted by molar-refractivity contribution is -0.122. The zero-order chi connectivity index (χ0) is 17.8. The summed E-state index contributed by atoms with van der Waals surface area (Å²) < 4.78 is 0.941. The first-order chi connectivity index (χ1) is 12.6. The van der Waals surface area contributed by atoms with Crippen molar-refractivity contribution in [2.75, 3.05) is 0 Å². The van der Waals surface area contributed by atoms with E-state index in [1.807, 2.05) is 42.5 Å². The standard InChI is InChI=1S/C20H12BrN3O2/c21-10-5-6-12-14(9-23-16(12)7-10)18-17(19(25)24-20(18)26)13-8-22-15-4-2-1-3-11(13)15/h1-9,22-23H,(H,24,25,26). The summed E-state index contributed by atoms with van der Waals surface area (Å²) in [5, 5.41) is 4.25. The molecule has 0 fully saturated rings. The van der Waals surface area contributed by atoms with E-state index < -0.39 is 0 Å². The Morgan fingerprint density at radius 3 is 2.08 bits per heavy atom. The molecule has 0 radical (unpaired) electrons. The zero-order valence-electron chi connectivity index (χ0n) is 13.4. The number of para-hydroxylation sites is 1. The van der Waals surface area contributed by atoms with Crippen LogP contribution in [0.25, 0.3) is 33.0 Å². The first-order valence-corrected chi connectivity index (χ1v) is 8.86. The van der Waals surface area contributed by atoms with Gasteiger partial charge >= 0.3 is 0 Å². The van der Waals surface area contributed by atoms with E-state index >= 15 is 0 Å². The van der Waals surface area contributed by atoms with E-state index in [2.05, 4.69) is 31.2 Å². The van der Waals surface area contributed by atoms with Crippen molar-refractivity contribution in [2.24, 2.45) is 0 Å². The highest BCUT2D eigenvalue weighted by Crippen LogP contribution is 2.37. The normalized spacial score (nSPS) is 14.7. The fourth-order valence-electron chi connectivity index (χ4n) is 3.55. The van der Waals surface area contributed by atoms with Crippen LogP contribution in [0.5, 0.6) is 0 Å². The third kappa shape index (κ3) is 2.09. The van der Waals surface area contributed by atoms with E-state index in [9.17, 15) is 9.59 Å². The number of H-pyrrole nitrogens is 2. The van der Waals surface area contributed by atoms with Gasteiger partial charge in [0.15, 0.2) is 0 Å². The molecule has 0 bridgehead atoms. The van der Waals surface area contributed by atoms with E-state index in [0.717, 1.165) is 37.4 Å². The molecule has 0 atom stereocenters. The number of fused-ring (bicyclic) bond motifs is 2. The van der Waals surface area contributed by atoms with Gasteiger partial charge in [0.05, 0.1) is 11.1 Å². The van der Waals surface area contributed by atoms with Crippen LogP contribution in [0, 0.1) is 0 Å². The highest BCUT2D eigenvalue weighted by Gasteiger charge is 2.34. The first-order valence-electron chi connectivity index (χ1n) is 8.07. The van der Waals surface area contributed by atoms with Crippen LogP contribution < -0.4 is 5.32 Å². The molecular weight excluding hydrogens is 394 g/mol. The second-order valence-electron chi connectivity index (χ2n) is 6.17. The smallest absolute Gasteiger partial charge is 0.259 e. The summed E-state index contributed by atoms with van der Waals surface area (Å²) in [6.07, 6.45) is 3.56. The Balaban J connectivity index is 1.83. The molecule has 1 aliphatic heterocycles. The average Bonchev–Trinajstić information content (AvgIpc) is 3.29. The fraction of sp³-hybridized carbons (Fsp3) is 0. The van der Waals surface area contributed by atoms with Crippen molar-refractivity contribution in [2.45, 2.75) is 0 Å². The van der Waals surface area contributed by atoms with Crippen molar-refractivity contribution in [3.05, 3.63) is 70.5 Å². The summed E-state index contributed by atoms with van der Waals surface area (Å²) in [5.41, 5.74) is 4.06. The molecule has 0 saturated carbocycles. The average molecular weight is 406 g/mol. The monoisotopic (exact) mass is 405 g/mol. The summed E-state index contributed by atoms with van der Waals surface area (Å²) >= 11 is 3.45. The number of hydrogen-bond donors (Lipinski definition) is 3. The molecule has 1 aliphatic rings. The topological polar surface area (TPSA) is 77.8 Å². The van der Waals surface area contributed by atoms with Gasteiger partial charge in [0.1, 0.15) is 0 Å². The number of aromatic nitrogens is 2. The second-order valence-corrected chi connectivity index (χ2v) is 7.09. The third-order valence-corrected chi connectivity index (χ3v) is 5.20. The lowest BCUT2D eigenvalue weighted by Crippen LogP contribution is -2.22. The van der Waals surface area contributed by atoms with Crippen molar-refractivity contribution in [3.8, 4) is 0 Å². The van der Waals surface area contributed by atoms with Gasteiger partial charge in [-0.05, 0) is 18.2 Å². The first kappa shape index (κ1) is 15.2. The van der Waals surface area contributed by atoms with Crippen molar-refractivity contribution < 1.29 is 9.59 Å². The number of nitrogens with one attached hydrogen (secondary N) is 3. The molecule has 6 heteroatoms. The number of rotatable bonds is 2. The van der Waals surface area contributed by atoms with E-state index in [1.165, 1.54) is 0 Å². The van der Waals surface area contributed by atoms with Gasteiger partial charge in [-0.2, -0.15) is 0 Å². The molecule has 26 heavy (non-hydrogen) atoms. The van der Waals surface area contributed by atoms with Crippen LogP contribution in [0.1, 0.15) is 11.1 Å². The molecule has 4 aromatic rings. The molecule has 2 aromatic carbocycles. The van der Waals surface area contributed by atoms with Crippen LogP contribution >= 0.6 is 15.9 Å². The minimum atomic E-state index is -0.376. The zero-order valence-corrected chi connectivity index (χ0v) is 15.0. The predicted molar refractivity (Wildman–Crippen MR) is 104 cm³/mol. The number of hydrogen-bond acceptors (Lipinski definition) is 2. The summed E-state index contributed by atoms with van der Waals surface area (Å²) in [6.45, 7) is 0.